The molecule has 0 saturated carbocycles. The summed E-state index contributed by atoms with van der Waals surface area (Å²) in [7, 11) is 1.70. The van der Waals surface area contributed by atoms with Gasteiger partial charge in [0, 0.05) is 35.4 Å². The maximum Gasteiger partial charge on any atom is 0.124 e. The molecule has 1 aromatic carbocycles. The summed E-state index contributed by atoms with van der Waals surface area (Å²) >= 11 is 5.96. The normalized spacial score (nSPS) is 18.8. The lowest BCUT2D eigenvalue weighted by atomic mass is 9.75. The number of nitrogens with two attached hydrogens (primary N) is 2. The summed E-state index contributed by atoms with van der Waals surface area (Å²) in [4.78, 5) is 0. The predicted octanol–water partition coefficient (Wildman–Crippen LogP) is 1.58. The summed E-state index contributed by atoms with van der Waals surface area (Å²) in [5, 5.41) is 5.54. The Kier molecular flexibility index (Phi) is 5.33. The molecule has 0 bridgehead atoms. The third kappa shape index (κ3) is 3.81. The lowest BCUT2D eigenvalue weighted by molar-refractivity contribution is 0.220. The standard InChI is InChI=1S/C12H14ClNO.C3H9N3/c13-9-1-2-10-11(7-9)15-8-12(10)3-5-14-6-4-12;1-6(5)3-2-4/h1-2,7,14H,3-6,8H2;2-3H,4-5H2,1H3/b;3-2-. The van der Waals surface area contributed by atoms with Gasteiger partial charge < -0.3 is 20.8 Å². The molecule has 1 fully saturated rings. The van der Waals surface area contributed by atoms with E-state index in [0.29, 0.717) is 0 Å². The van der Waals surface area contributed by atoms with Crippen LogP contribution in [-0.4, -0.2) is 31.8 Å². The van der Waals surface area contributed by atoms with Gasteiger partial charge in [-0.15, -0.1) is 0 Å². The van der Waals surface area contributed by atoms with Crippen LogP contribution in [0.5, 0.6) is 5.75 Å². The zero-order valence-electron chi connectivity index (χ0n) is 12.3. The number of hydrogen-bond donors (Lipinski definition) is 3. The monoisotopic (exact) mass is 310 g/mol. The fraction of sp³-hybridized carbons (Fsp3) is 0.467. The fourth-order valence-electron chi connectivity index (χ4n) is 2.80. The highest BCUT2D eigenvalue weighted by Crippen LogP contribution is 2.45. The van der Waals surface area contributed by atoms with Crippen LogP contribution in [0, 0.1) is 0 Å². The molecular formula is C15H23ClN4O. The third-order valence-corrected chi connectivity index (χ3v) is 4.14. The molecule has 1 saturated heterocycles. The molecule has 0 radical (unpaired) electrons. The summed E-state index contributed by atoms with van der Waals surface area (Å²) in [6.45, 7) is 3.00. The Hall–Kier alpha value is -1.43. The van der Waals surface area contributed by atoms with Crippen molar-refractivity contribution in [3.63, 3.8) is 0 Å². The second-order valence-electron chi connectivity index (χ2n) is 5.47. The van der Waals surface area contributed by atoms with Gasteiger partial charge in [-0.2, -0.15) is 0 Å². The molecule has 0 aromatic heterocycles. The second kappa shape index (κ2) is 7.02. The highest BCUT2D eigenvalue weighted by molar-refractivity contribution is 6.30. The lowest BCUT2D eigenvalue weighted by Gasteiger charge is -2.32. The molecule has 0 aliphatic carbocycles. The Bertz CT molecular complexity index is 498. The first kappa shape index (κ1) is 15.9. The zero-order chi connectivity index (χ0) is 15.3. The quantitative estimate of drug-likeness (QED) is 0.542. The van der Waals surface area contributed by atoms with Crippen molar-refractivity contribution in [3.05, 3.63) is 41.2 Å². The van der Waals surface area contributed by atoms with Gasteiger partial charge in [0.2, 0.25) is 0 Å². The van der Waals surface area contributed by atoms with E-state index in [1.807, 2.05) is 12.1 Å². The number of nitrogens with one attached hydrogen (secondary N) is 1. The van der Waals surface area contributed by atoms with Crippen molar-refractivity contribution in [1.29, 1.82) is 0 Å². The van der Waals surface area contributed by atoms with E-state index in [1.165, 1.54) is 29.6 Å². The van der Waals surface area contributed by atoms with Gasteiger partial charge in [-0.25, -0.2) is 5.84 Å². The van der Waals surface area contributed by atoms with Crippen molar-refractivity contribution in [1.82, 2.24) is 10.3 Å². The van der Waals surface area contributed by atoms with Crippen LogP contribution >= 0.6 is 11.6 Å². The molecule has 0 atom stereocenters. The number of ether oxygens (including phenoxy) is 1. The highest BCUT2D eigenvalue weighted by Gasteiger charge is 2.41. The van der Waals surface area contributed by atoms with E-state index in [-0.39, 0.29) is 5.41 Å². The fourth-order valence-corrected chi connectivity index (χ4v) is 2.96. The molecule has 3 rings (SSSR count). The summed E-state index contributed by atoms with van der Waals surface area (Å²) in [5.74, 6) is 6.06. The SMILES string of the molecule is CN(N)/C=C\N.Clc1ccc2c(c1)OCC21CCNCC1. The number of fused-ring (bicyclic) bond motifs is 2. The third-order valence-electron chi connectivity index (χ3n) is 3.90. The average Bonchev–Trinajstić information content (AvgIpc) is 2.78. The van der Waals surface area contributed by atoms with E-state index in [4.69, 9.17) is 27.9 Å². The first-order valence-electron chi connectivity index (χ1n) is 7.07. The van der Waals surface area contributed by atoms with Gasteiger partial charge in [0.25, 0.3) is 0 Å². The smallest absolute Gasteiger partial charge is 0.124 e. The minimum absolute atomic E-state index is 0.255. The summed E-state index contributed by atoms with van der Waals surface area (Å²) in [6, 6.07) is 6.04. The molecule has 5 nitrogen and oxygen atoms in total. The highest BCUT2D eigenvalue weighted by atomic mass is 35.5. The summed E-state index contributed by atoms with van der Waals surface area (Å²) < 4.78 is 5.76. The van der Waals surface area contributed by atoms with Gasteiger partial charge >= 0.3 is 0 Å². The first-order valence-corrected chi connectivity index (χ1v) is 7.45. The van der Waals surface area contributed by atoms with Crippen LogP contribution in [0.1, 0.15) is 18.4 Å². The van der Waals surface area contributed by atoms with E-state index >= 15 is 0 Å². The predicted molar refractivity (Wildman–Crippen MR) is 86.0 cm³/mol. The molecule has 2 aliphatic rings. The van der Waals surface area contributed by atoms with Crippen molar-refractivity contribution in [2.75, 3.05) is 26.7 Å². The van der Waals surface area contributed by atoms with Gasteiger partial charge in [0.1, 0.15) is 5.75 Å². The molecule has 6 heteroatoms. The van der Waals surface area contributed by atoms with Crippen LogP contribution < -0.4 is 21.6 Å². The zero-order valence-corrected chi connectivity index (χ0v) is 13.1. The Balaban J connectivity index is 0.000000232. The largest absolute Gasteiger partial charge is 0.492 e. The van der Waals surface area contributed by atoms with Crippen LogP contribution in [0.4, 0.5) is 0 Å². The number of benzene rings is 1. The molecule has 116 valence electrons. The van der Waals surface area contributed by atoms with E-state index in [2.05, 4.69) is 11.4 Å². The van der Waals surface area contributed by atoms with E-state index < -0.39 is 0 Å². The maximum atomic E-state index is 5.96. The van der Waals surface area contributed by atoms with Crippen LogP contribution in [0.25, 0.3) is 0 Å². The van der Waals surface area contributed by atoms with E-state index in [0.717, 1.165) is 30.5 Å². The minimum atomic E-state index is 0.255. The number of nitrogens with zero attached hydrogens (tertiary/aromatic N) is 1. The topological polar surface area (TPSA) is 76.5 Å². The van der Waals surface area contributed by atoms with Crippen LogP contribution in [0.2, 0.25) is 5.02 Å². The number of rotatable bonds is 1. The van der Waals surface area contributed by atoms with Crippen LogP contribution in [0.3, 0.4) is 0 Å². The molecule has 2 aliphatic heterocycles. The van der Waals surface area contributed by atoms with Crippen molar-refractivity contribution in [2.45, 2.75) is 18.3 Å². The number of halogens is 1. The van der Waals surface area contributed by atoms with Gasteiger partial charge in [-0.05, 0) is 38.1 Å². The van der Waals surface area contributed by atoms with Gasteiger partial charge in [-0.1, -0.05) is 17.7 Å². The second-order valence-corrected chi connectivity index (χ2v) is 5.90. The molecule has 21 heavy (non-hydrogen) atoms. The molecule has 1 aromatic rings. The first-order chi connectivity index (χ1) is 10.1. The van der Waals surface area contributed by atoms with Gasteiger partial charge in [0.15, 0.2) is 0 Å². The van der Waals surface area contributed by atoms with E-state index in [9.17, 15) is 0 Å². The summed E-state index contributed by atoms with van der Waals surface area (Å²) in [6.07, 6.45) is 5.27. The van der Waals surface area contributed by atoms with E-state index in [1.54, 1.807) is 13.2 Å². The molecule has 0 unspecified atom stereocenters. The summed E-state index contributed by atoms with van der Waals surface area (Å²) in [5.41, 5.74) is 6.54. The van der Waals surface area contributed by atoms with Gasteiger partial charge in [-0.3, -0.25) is 0 Å². The Morgan fingerprint density at radius 2 is 2.10 bits per heavy atom. The van der Waals surface area contributed by atoms with Gasteiger partial charge in [0.05, 0.1) is 6.61 Å². The number of piperidine rings is 1. The Labute approximate surface area is 130 Å². The molecule has 5 N–H and O–H groups in total. The van der Waals surface area contributed by atoms with Crippen molar-refractivity contribution in [2.24, 2.45) is 11.6 Å². The molecule has 1 spiro atoms. The van der Waals surface area contributed by atoms with Crippen molar-refractivity contribution in [3.8, 4) is 5.75 Å². The molecular weight excluding hydrogens is 288 g/mol. The Morgan fingerprint density at radius 1 is 1.38 bits per heavy atom. The molecule has 2 heterocycles. The number of hydrogen-bond acceptors (Lipinski definition) is 5. The average molecular weight is 311 g/mol. The van der Waals surface area contributed by atoms with Crippen LogP contribution in [-0.2, 0) is 5.41 Å². The minimum Gasteiger partial charge on any atom is -0.492 e. The number of hydrazine groups is 1. The van der Waals surface area contributed by atoms with Crippen molar-refractivity contribution >= 4 is 11.6 Å². The Morgan fingerprint density at radius 3 is 2.67 bits per heavy atom. The lowest BCUT2D eigenvalue weighted by Crippen LogP contribution is -2.40. The maximum absolute atomic E-state index is 5.96. The van der Waals surface area contributed by atoms with Crippen molar-refractivity contribution < 1.29 is 4.74 Å². The molecule has 0 amide bonds. The van der Waals surface area contributed by atoms with Crippen LogP contribution in [0.15, 0.2) is 30.6 Å².